The summed E-state index contributed by atoms with van der Waals surface area (Å²) in [6, 6.07) is 5.25. The first kappa shape index (κ1) is 11.1. The first-order chi connectivity index (χ1) is 8.16. The van der Waals surface area contributed by atoms with Crippen LogP contribution >= 0.6 is 0 Å². The summed E-state index contributed by atoms with van der Waals surface area (Å²) in [4.78, 5) is 11.7. The van der Waals surface area contributed by atoms with Gasteiger partial charge in [-0.3, -0.25) is 4.79 Å². The predicted octanol–water partition coefficient (Wildman–Crippen LogP) is 1.33. The Morgan fingerprint density at radius 1 is 1.47 bits per heavy atom. The van der Waals surface area contributed by atoms with Gasteiger partial charge in [-0.2, -0.15) is 0 Å². The van der Waals surface area contributed by atoms with Crippen LogP contribution in [0.2, 0.25) is 0 Å². The number of halogens is 1. The van der Waals surface area contributed by atoms with E-state index in [1.807, 2.05) is 0 Å². The molecule has 1 amide bonds. The first-order valence-corrected chi connectivity index (χ1v) is 4.89. The number of benzene rings is 1. The van der Waals surface area contributed by atoms with Gasteiger partial charge in [0.05, 0.1) is 18.3 Å². The zero-order valence-electron chi connectivity index (χ0n) is 8.81. The highest BCUT2D eigenvalue weighted by Gasteiger charge is 2.10. The molecule has 0 atom stereocenters. The Kier molecular flexibility index (Phi) is 3.04. The number of hydrogen-bond donors (Lipinski definition) is 2. The van der Waals surface area contributed by atoms with Gasteiger partial charge in [0.1, 0.15) is 5.82 Å². The second-order valence-corrected chi connectivity index (χ2v) is 3.39. The van der Waals surface area contributed by atoms with E-state index in [9.17, 15) is 9.18 Å². The summed E-state index contributed by atoms with van der Waals surface area (Å²) in [5.74, 6) is -0.341. The summed E-state index contributed by atoms with van der Waals surface area (Å²) < 4.78 is 17.6. The summed E-state index contributed by atoms with van der Waals surface area (Å²) >= 11 is 0. The molecule has 0 bridgehead atoms. The van der Waals surface area contributed by atoms with Crippen molar-refractivity contribution in [2.45, 2.75) is 6.54 Å². The number of carbonyl (C=O) groups excluding carboxylic acids is 1. The van der Waals surface area contributed by atoms with E-state index in [1.165, 1.54) is 18.3 Å². The zero-order valence-corrected chi connectivity index (χ0v) is 8.81. The molecular weight excluding hydrogens is 225 g/mol. The number of nitrogens with two attached hydrogens (primary N) is 1. The average molecular weight is 235 g/mol. The Bertz CT molecular complexity index is 526. The SMILES string of the molecule is Nc1cc(F)ccc1C(=O)NCc1ccno1. The molecule has 1 heterocycles. The van der Waals surface area contributed by atoms with Gasteiger partial charge in [0.2, 0.25) is 0 Å². The number of rotatable bonds is 3. The van der Waals surface area contributed by atoms with E-state index >= 15 is 0 Å². The van der Waals surface area contributed by atoms with Gasteiger partial charge in [0, 0.05) is 11.8 Å². The van der Waals surface area contributed by atoms with Gasteiger partial charge in [-0.25, -0.2) is 4.39 Å². The molecule has 0 saturated carbocycles. The van der Waals surface area contributed by atoms with Gasteiger partial charge in [0.15, 0.2) is 5.76 Å². The van der Waals surface area contributed by atoms with Crippen LogP contribution in [0.15, 0.2) is 35.0 Å². The lowest BCUT2D eigenvalue weighted by atomic mass is 10.1. The van der Waals surface area contributed by atoms with Crippen LogP contribution in [0.4, 0.5) is 10.1 Å². The summed E-state index contributed by atoms with van der Waals surface area (Å²) in [5.41, 5.74) is 5.86. The molecule has 2 aromatic rings. The second kappa shape index (κ2) is 4.65. The van der Waals surface area contributed by atoms with Crippen molar-refractivity contribution in [3.05, 3.63) is 47.6 Å². The van der Waals surface area contributed by atoms with Crippen molar-refractivity contribution < 1.29 is 13.7 Å². The first-order valence-electron chi connectivity index (χ1n) is 4.89. The molecule has 0 spiro atoms. The standard InChI is InChI=1S/C11H10FN3O2/c12-7-1-2-9(10(13)5-7)11(16)14-6-8-3-4-15-17-8/h1-5H,6,13H2,(H,14,16). The number of nitrogen functional groups attached to an aromatic ring is 1. The summed E-state index contributed by atoms with van der Waals surface area (Å²) in [6.45, 7) is 0.204. The minimum Gasteiger partial charge on any atom is -0.398 e. The molecule has 88 valence electrons. The van der Waals surface area contributed by atoms with Crippen LogP contribution in [0, 0.1) is 5.82 Å². The molecule has 0 aliphatic heterocycles. The van der Waals surface area contributed by atoms with Crippen LogP contribution in [-0.2, 0) is 6.54 Å². The highest BCUT2D eigenvalue weighted by Crippen LogP contribution is 2.13. The monoisotopic (exact) mass is 235 g/mol. The minimum absolute atomic E-state index is 0.0973. The molecule has 1 aromatic carbocycles. The number of aromatic nitrogens is 1. The second-order valence-electron chi connectivity index (χ2n) is 3.39. The van der Waals surface area contributed by atoms with Crippen molar-refractivity contribution >= 4 is 11.6 Å². The van der Waals surface area contributed by atoms with Crippen molar-refractivity contribution in [1.82, 2.24) is 10.5 Å². The fourth-order valence-electron chi connectivity index (χ4n) is 1.34. The van der Waals surface area contributed by atoms with E-state index in [0.29, 0.717) is 5.76 Å². The Hall–Kier alpha value is -2.37. The van der Waals surface area contributed by atoms with Crippen LogP contribution in [0.5, 0.6) is 0 Å². The fourth-order valence-corrected chi connectivity index (χ4v) is 1.34. The number of hydrogen-bond acceptors (Lipinski definition) is 4. The van der Waals surface area contributed by atoms with Crippen molar-refractivity contribution in [3.63, 3.8) is 0 Å². The van der Waals surface area contributed by atoms with Crippen LogP contribution in [0.25, 0.3) is 0 Å². The van der Waals surface area contributed by atoms with Crippen molar-refractivity contribution in [2.24, 2.45) is 0 Å². The highest BCUT2D eigenvalue weighted by molar-refractivity contribution is 5.98. The van der Waals surface area contributed by atoms with E-state index in [-0.39, 0.29) is 23.7 Å². The molecule has 0 saturated heterocycles. The number of amides is 1. The van der Waals surface area contributed by atoms with Crippen molar-refractivity contribution in [3.8, 4) is 0 Å². The third-order valence-corrected chi connectivity index (χ3v) is 2.17. The Morgan fingerprint density at radius 3 is 2.94 bits per heavy atom. The van der Waals surface area contributed by atoms with Gasteiger partial charge < -0.3 is 15.6 Å². The molecule has 17 heavy (non-hydrogen) atoms. The minimum atomic E-state index is -0.478. The van der Waals surface area contributed by atoms with Gasteiger partial charge in [0.25, 0.3) is 5.91 Å². The summed E-state index contributed by atoms with van der Waals surface area (Å²) in [7, 11) is 0. The zero-order chi connectivity index (χ0) is 12.3. The predicted molar refractivity (Wildman–Crippen MR) is 58.5 cm³/mol. The van der Waals surface area contributed by atoms with Crippen LogP contribution in [0.1, 0.15) is 16.1 Å². The van der Waals surface area contributed by atoms with Gasteiger partial charge in [-0.05, 0) is 18.2 Å². The Morgan fingerprint density at radius 2 is 2.29 bits per heavy atom. The van der Waals surface area contributed by atoms with Gasteiger partial charge in [-0.15, -0.1) is 0 Å². The highest BCUT2D eigenvalue weighted by atomic mass is 19.1. The van der Waals surface area contributed by atoms with E-state index in [1.54, 1.807) is 6.07 Å². The molecule has 5 nitrogen and oxygen atoms in total. The molecule has 0 fully saturated rings. The Balaban J connectivity index is 2.04. The lowest BCUT2D eigenvalue weighted by molar-refractivity contribution is 0.0948. The topological polar surface area (TPSA) is 81.2 Å². The number of nitrogens with one attached hydrogen (secondary N) is 1. The average Bonchev–Trinajstić information content (AvgIpc) is 2.78. The number of anilines is 1. The normalized spacial score (nSPS) is 10.2. The van der Waals surface area contributed by atoms with Crippen LogP contribution in [0.3, 0.4) is 0 Å². The lowest BCUT2D eigenvalue weighted by Gasteiger charge is -2.05. The third-order valence-electron chi connectivity index (χ3n) is 2.17. The van der Waals surface area contributed by atoms with Gasteiger partial charge >= 0.3 is 0 Å². The molecule has 1 aromatic heterocycles. The quantitative estimate of drug-likeness (QED) is 0.786. The van der Waals surface area contributed by atoms with Crippen LogP contribution < -0.4 is 11.1 Å². The third kappa shape index (κ3) is 2.60. The van der Waals surface area contributed by atoms with Crippen LogP contribution in [-0.4, -0.2) is 11.1 Å². The molecule has 6 heteroatoms. The fraction of sp³-hybridized carbons (Fsp3) is 0.0909. The van der Waals surface area contributed by atoms with E-state index in [2.05, 4.69) is 10.5 Å². The van der Waals surface area contributed by atoms with E-state index in [4.69, 9.17) is 10.3 Å². The molecule has 2 rings (SSSR count). The maximum Gasteiger partial charge on any atom is 0.253 e. The summed E-state index contributed by atoms with van der Waals surface area (Å²) in [5, 5.41) is 6.09. The smallest absolute Gasteiger partial charge is 0.253 e. The van der Waals surface area contributed by atoms with Crippen molar-refractivity contribution in [2.75, 3.05) is 5.73 Å². The molecule has 0 aliphatic carbocycles. The molecule has 0 aliphatic rings. The van der Waals surface area contributed by atoms with Crippen molar-refractivity contribution in [1.29, 1.82) is 0 Å². The molecule has 3 N–H and O–H groups in total. The van der Waals surface area contributed by atoms with E-state index in [0.717, 1.165) is 6.07 Å². The number of nitrogens with zero attached hydrogens (tertiary/aromatic N) is 1. The maximum atomic E-state index is 12.8. The van der Waals surface area contributed by atoms with E-state index < -0.39 is 5.82 Å². The molecule has 0 radical (unpaired) electrons. The summed E-state index contributed by atoms with van der Waals surface area (Å²) in [6.07, 6.45) is 1.48. The largest absolute Gasteiger partial charge is 0.398 e. The van der Waals surface area contributed by atoms with Gasteiger partial charge in [-0.1, -0.05) is 5.16 Å². The maximum absolute atomic E-state index is 12.8. The molecular formula is C11H10FN3O2. The Labute approximate surface area is 96.4 Å². The number of carbonyl (C=O) groups is 1. The molecule has 0 unspecified atom stereocenters. The lowest BCUT2D eigenvalue weighted by Crippen LogP contribution is -2.23.